The summed E-state index contributed by atoms with van der Waals surface area (Å²) in [6.45, 7) is 4.09. The van der Waals surface area contributed by atoms with E-state index in [-0.39, 0.29) is 30.3 Å². The summed E-state index contributed by atoms with van der Waals surface area (Å²) < 4.78 is 20.1. The molecule has 154 valence electrons. The topological polar surface area (TPSA) is 58.6 Å². The average molecular weight is 463 g/mol. The second-order valence-corrected chi connectivity index (χ2v) is 8.24. The zero-order valence-corrected chi connectivity index (χ0v) is 18.0. The molecule has 0 bridgehead atoms. The number of halogens is 2. The Bertz CT molecular complexity index is 878. The van der Waals surface area contributed by atoms with Gasteiger partial charge in [-0.25, -0.2) is 4.39 Å². The van der Waals surface area contributed by atoms with Crippen molar-refractivity contribution in [1.29, 1.82) is 0 Å². The highest BCUT2D eigenvalue weighted by molar-refractivity contribution is 9.10. The lowest BCUT2D eigenvalue weighted by Crippen LogP contribution is -2.49. The van der Waals surface area contributed by atoms with Crippen LogP contribution in [0.3, 0.4) is 0 Å². The number of benzene rings is 2. The van der Waals surface area contributed by atoms with Crippen molar-refractivity contribution < 1.29 is 18.7 Å². The van der Waals surface area contributed by atoms with Gasteiger partial charge in [0.05, 0.1) is 5.69 Å². The van der Waals surface area contributed by atoms with E-state index in [1.54, 1.807) is 30.3 Å². The van der Waals surface area contributed by atoms with Gasteiger partial charge in [-0.15, -0.1) is 0 Å². The fourth-order valence-corrected chi connectivity index (χ4v) is 3.95. The number of likely N-dealkylation sites (tertiary alicyclic amines) is 1. The van der Waals surface area contributed by atoms with E-state index in [4.69, 9.17) is 4.74 Å². The third-order valence-corrected chi connectivity index (χ3v) is 5.63. The number of carbonyl (C=O) groups is 2. The van der Waals surface area contributed by atoms with Gasteiger partial charge in [-0.1, -0.05) is 15.9 Å². The van der Waals surface area contributed by atoms with Crippen molar-refractivity contribution in [2.24, 2.45) is 0 Å². The van der Waals surface area contributed by atoms with Crippen LogP contribution in [0.5, 0.6) is 5.75 Å². The molecule has 2 aromatic rings. The Labute approximate surface area is 178 Å². The number of rotatable bonds is 5. The standard InChI is InChI=1S/C22H24BrFN2O3/c1-14-4-3-5-15(2)26(14)21(27)13-29-18-9-6-16(7-10-18)22(28)25-20-11-8-17(23)12-19(20)24/h6-12,14-15H,3-5,13H2,1-2H3,(H,25,28). The molecule has 1 aliphatic rings. The maximum Gasteiger partial charge on any atom is 0.260 e. The first-order chi connectivity index (χ1) is 13.8. The van der Waals surface area contributed by atoms with Crippen molar-refractivity contribution >= 4 is 33.4 Å². The summed E-state index contributed by atoms with van der Waals surface area (Å²) in [6.07, 6.45) is 3.17. The van der Waals surface area contributed by atoms with Crippen LogP contribution in [-0.2, 0) is 4.79 Å². The van der Waals surface area contributed by atoms with Crippen LogP contribution < -0.4 is 10.1 Å². The summed E-state index contributed by atoms with van der Waals surface area (Å²) in [5.74, 6) is -0.476. The highest BCUT2D eigenvalue weighted by atomic mass is 79.9. The second-order valence-electron chi connectivity index (χ2n) is 7.32. The first-order valence-electron chi connectivity index (χ1n) is 9.65. The van der Waals surface area contributed by atoms with Gasteiger partial charge in [0.25, 0.3) is 11.8 Å². The number of piperidine rings is 1. The van der Waals surface area contributed by atoms with Crippen LogP contribution in [0, 0.1) is 5.82 Å². The minimum absolute atomic E-state index is 0.0303. The molecule has 1 aliphatic heterocycles. The summed E-state index contributed by atoms with van der Waals surface area (Å²) in [5.41, 5.74) is 0.471. The van der Waals surface area contributed by atoms with Gasteiger partial charge in [-0.3, -0.25) is 9.59 Å². The molecular weight excluding hydrogens is 439 g/mol. The fourth-order valence-electron chi connectivity index (χ4n) is 3.62. The van der Waals surface area contributed by atoms with Gasteiger partial charge in [-0.05, 0) is 75.6 Å². The quantitative estimate of drug-likeness (QED) is 0.679. The molecule has 2 atom stereocenters. The number of hydrogen-bond donors (Lipinski definition) is 1. The molecule has 1 heterocycles. The number of amides is 2. The average Bonchev–Trinajstić information content (AvgIpc) is 2.68. The van der Waals surface area contributed by atoms with Gasteiger partial charge in [-0.2, -0.15) is 0 Å². The number of hydrogen-bond acceptors (Lipinski definition) is 3. The van der Waals surface area contributed by atoms with Crippen LogP contribution in [0.1, 0.15) is 43.5 Å². The molecule has 7 heteroatoms. The van der Waals surface area contributed by atoms with Crippen LogP contribution in [0.15, 0.2) is 46.9 Å². The van der Waals surface area contributed by atoms with Gasteiger partial charge >= 0.3 is 0 Å². The normalized spacial score (nSPS) is 19.0. The van der Waals surface area contributed by atoms with E-state index in [1.165, 1.54) is 12.1 Å². The third-order valence-electron chi connectivity index (χ3n) is 5.14. The Kier molecular flexibility index (Phi) is 6.90. The van der Waals surface area contributed by atoms with Crippen molar-refractivity contribution in [1.82, 2.24) is 4.90 Å². The van der Waals surface area contributed by atoms with Crippen molar-refractivity contribution in [3.05, 3.63) is 58.3 Å². The number of carbonyl (C=O) groups excluding carboxylic acids is 2. The Balaban J connectivity index is 1.57. The second kappa shape index (κ2) is 9.39. The van der Waals surface area contributed by atoms with Gasteiger partial charge in [0, 0.05) is 22.1 Å². The third kappa shape index (κ3) is 5.35. The molecule has 0 spiro atoms. The molecule has 1 saturated heterocycles. The van der Waals surface area contributed by atoms with Crippen LogP contribution in [0.25, 0.3) is 0 Å². The Morgan fingerprint density at radius 3 is 2.41 bits per heavy atom. The Hall–Kier alpha value is -2.41. The summed E-state index contributed by atoms with van der Waals surface area (Å²) in [4.78, 5) is 26.7. The molecule has 2 amide bonds. The maximum absolute atomic E-state index is 13.9. The van der Waals surface area contributed by atoms with Gasteiger partial charge in [0.1, 0.15) is 11.6 Å². The number of anilines is 1. The molecule has 1 fully saturated rings. The summed E-state index contributed by atoms with van der Waals surface area (Å²) >= 11 is 3.18. The van der Waals surface area contributed by atoms with E-state index in [9.17, 15) is 14.0 Å². The summed E-state index contributed by atoms with van der Waals surface area (Å²) in [5, 5.41) is 2.54. The lowest BCUT2D eigenvalue weighted by atomic mass is 9.97. The summed E-state index contributed by atoms with van der Waals surface area (Å²) in [6, 6.07) is 11.3. The van der Waals surface area contributed by atoms with Crippen LogP contribution in [0.2, 0.25) is 0 Å². The first kappa shape index (κ1) is 21.3. The van der Waals surface area contributed by atoms with Crippen molar-refractivity contribution in [3.63, 3.8) is 0 Å². The van der Waals surface area contributed by atoms with E-state index in [0.717, 1.165) is 19.3 Å². The van der Waals surface area contributed by atoms with E-state index in [1.807, 2.05) is 4.90 Å². The molecule has 5 nitrogen and oxygen atoms in total. The highest BCUT2D eigenvalue weighted by Crippen LogP contribution is 2.23. The molecule has 0 aliphatic carbocycles. The zero-order chi connectivity index (χ0) is 21.0. The summed E-state index contributed by atoms with van der Waals surface area (Å²) in [7, 11) is 0. The van der Waals surface area contributed by atoms with E-state index >= 15 is 0 Å². The van der Waals surface area contributed by atoms with Crippen LogP contribution >= 0.6 is 15.9 Å². The van der Waals surface area contributed by atoms with Gasteiger partial charge in [0.2, 0.25) is 0 Å². The molecule has 1 N–H and O–H groups in total. The van der Waals surface area contributed by atoms with E-state index in [0.29, 0.717) is 15.8 Å². The number of ether oxygens (including phenoxy) is 1. The lowest BCUT2D eigenvalue weighted by molar-refractivity contribution is -0.139. The Morgan fingerprint density at radius 1 is 1.14 bits per heavy atom. The maximum atomic E-state index is 13.9. The molecular formula is C22H24BrFN2O3. The first-order valence-corrected chi connectivity index (χ1v) is 10.4. The van der Waals surface area contributed by atoms with Crippen molar-refractivity contribution in [2.75, 3.05) is 11.9 Å². The van der Waals surface area contributed by atoms with Gasteiger partial charge < -0.3 is 15.0 Å². The molecule has 2 unspecified atom stereocenters. The van der Waals surface area contributed by atoms with Crippen LogP contribution in [0.4, 0.5) is 10.1 Å². The molecule has 0 saturated carbocycles. The largest absolute Gasteiger partial charge is 0.484 e. The fraction of sp³-hybridized carbons (Fsp3) is 0.364. The molecule has 0 aromatic heterocycles. The molecule has 2 aromatic carbocycles. The van der Waals surface area contributed by atoms with E-state index in [2.05, 4.69) is 35.1 Å². The zero-order valence-electron chi connectivity index (χ0n) is 16.5. The minimum atomic E-state index is -0.521. The van der Waals surface area contributed by atoms with E-state index < -0.39 is 11.7 Å². The smallest absolute Gasteiger partial charge is 0.260 e. The molecule has 3 rings (SSSR count). The molecule has 0 radical (unpaired) electrons. The van der Waals surface area contributed by atoms with Crippen molar-refractivity contribution in [3.8, 4) is 5.75 Å². The predicted octanol–water partition coefficient (Wildman–Crippen LogP) is 5.01. The van der Waals surface area contributed by atoms with Crippen molar-refractivity contribution in [2.45, 2.75) is 45.2 Å². The van der Waals surface area contributed by atoms with Gasteiger partial charge in [0.15, 0.2) is 6.61 Å². The highest BCUT2D eigenvalue weighted by Gasteiger charge is 2.28. The van der Waals surface area contributed by atoms with Crippen LogP contribution in [-0.4, -0.2) is 35.4 Å². The predicted molar refractivity (Wildman–Crippen MR) is 114 cm³/mol. The SMILES string of the molecule is CC1CCCC(C)N1C(=O)COc1ccc(C(=O)Nc2ccc(Br)cc2F)cc1. The number of nitrogens with zero attached hydrogens (tertiary/aromatic N) is 1. The minimum Gasteiger partial charge on any atom is -0.484 e. The lowest BCUT2D eigenvalue weighted by Gasteiger charge is -2.38. The Morgan fingerprint density at radius 2 is 1.79 bits per heavy atom. The monoisotopic (exact) mass is 462 g/mol. The number of nitrogens with one attached hydrogen (secondary N) is 1. The molecule has 29 heavy (non-hydrogen) atoms.